The van der Waals surface area contributed by atoms with E-state index in [1.165, 1.54) is 12.5 Å². The Balaban J connectivity index is 3.11. The molecule has 0 radical (unpaired) electrons. The van der Waals surface area contributed by atoms with Crippen molar-refractivity contribution < 1.29 is 34.2 Å². The number of carboxylic acids is 2. The summed E-state index contributed by atoms with van der Waals surface area (Å²) in [7, 11) is 0. The number of nitrogens with two attached hydrogens (primary N) is 3. The number of carboxylic acid groups (broad SMARTS) is 2. The van der Waals surface area contributed by atoms with Crippen molar-refractivity contribution in [3.8, 4) is 0 Å². The molecule has 5 atom stereocenters. The van der Waals surface area contributed by atoms with Crippen LogP contribution in [0.5, 0.6) is 0 Å². The van der Waals surface area contributed by atoms with Crippen LogP contribution in [0.2, 0.25) is 0 Å². The second kappa shape index (κ2) is 16.6. The number of carbonyl (C=O) groups is 5. The zero-order valence-corrected chi connectivity index (χ0v) is 22.1. The van der Waals surface area contributed by atoms with Crippen LogP contribution in [0, 0.1) is 5.92 Å². The summed E-state index contributed by atoms with van der Waals surface area (Å²) in [5.41, 5.74) is 16.9. The van der Waals surface area contributed by atoms with Gasteiger partial charge in [0.15, 0.2) is 5.96 Å². The van der Waals surface area contributed by atoms with Gasteiger partial charge in [0, 0.05) is 31.3 Å². The zero-order valence-electron chi connectivity index (χ0n) is 22.1. The number of amides is 3. The van der Waals surface area contributed by atoms with Gasteiger partial charge < -0.3 is 48.3 Å². The molecule has 16 heteroatoms. The zero-order chi connectivity index (χ0) is 29.5. The van der Waals surface area contributed by atoms with E-state index in [4.69, 9.17) is 22.3 Å². The van der Waals surface area contributed by atoms with Gasteiger partial charge in [-0.1, -0.05) is 20.3 Å². The lowest BCUT2D eigenvalue weighted by molar-refractivity contribution is -0.144. The number of imidazole rings is 1. The van der Waals surface area contributed by atoms with Crippen LogP contribution in [0.15, 0.2) is 17.5 Å². The van der Waals surface area contributed by atoms with E-state index in [2.05, 4.69) is 30.9 Å². The highest BCUT2D eigenvalue weighted by atomic mass is 16.4. The van der Waals surface area contributed by atoms with E-state index in [1.54, 1.807) is 13.8 Å². The van der Waals surface area contributed by atoms with Crippen molar-refractivity contribution in [2.75, 3.05) is 6.54 Å². The van der Waals surface area contributed by atoms with Gasteiger partial charge in [-0.05, 0) is 25.2 Å². The molecule has 0 aliphatic heterocycles. The molecule has 0 aliphatic carbocycles. The number of aromatic nitrogens is 2. The van der Waals surface area contributed by atoms with Gasteiger partial charge in [-0.25, -0.2) is 9.78 Å². The van der Waals surface area contributed by atoms with Crippen LogP contribution in [0.1, 0.15) is 51.6 Å². The van der Waals surface area contributed by atoms with Crippen LogP contribution >= 0.6 is 0 Å². The Hall–Kier alpha value is -4.21. The van der Waals surface area contributed by atoms with Gasteiger partial charge in [-0.2, -0.15) is 0 Å². The van der Waals surface area contributed by atoms with Crippen molar-refractivity contribution in [3.05, 3.63) is 18.2 Å². The van der Waals surface area contributed by atoms with E-state index >= 15 is 0 Å². The number of aliphatic imine (C=N–C) groups is 1. The summed E-state index contributed by atoms with van der Waals surface area (Å²) in [6.07, 6.45) is 3.11. The summed E-state index contributed by atoms with van der Waals surface area (Å²) in [5.74, 6) is -5.12. The molecule has 1 heterocycles. The number of rotatable bonds is 18. The Kier molecular flexibility index (Phi) is 14.0. The fraction of sp³-hybridized carbons (Fsp3) is 0.609. The molecule has 0 bridgehead atoms. The maximum Gasteiger partial charge on any atom is 0.326 e. The minimum atomic E-state index is -1.22. The lowest BCUT2D eigenvalue weighted by Crippen LogP contribution is -2.58. The highest BCUT2D eigenvalue weighted by Crippen LogP contribution is 2.10. The first-order valence-electron chi connectivity index (χ1n) is 12.5. The SMILES string of the molecule is CCC(C)C(NC(=O)C(Cc1cnc[nH]1)NC(=O)C(CCCN=C(N)N)NC(=O)C(N)CCC(=O)O)C(=O)O. The normalized spacial score (nSPS) is 14.6. The fourth-order valence-electron chi connectivity index (χ4n) is 3.50. The molecule has 0 spiro atoms. The Morgan fingerprint density at radius 3 is 2.21 bits per heavy atom. The summed E-state index contributed by atoms with van der Waals surface area (Å²) >= 11 is 0. The molecule has 5 unspecified atom stereocenters. The number of hydrogen-bond acceptors (Lipinski definition) is 8. The van der Waals surface area contributed by atoms with Gasteiger partial charge >= 0.3 is 11.9 Å². The third kappa shape index (κ3) is 12.3. The molecule has 0 saturated heterocycles. The number of aliphatic carboxylic acids is 2. The van der Waals surface area contributed by atoms with Gasteiger partial charge in [-0.3, -0.25) is 24.2 Å². The standard InChI is InChI=1S/C23H39N9O7/c1-3-12(2)18(22(38)39)32-21(37)16(9-13-10-27-11-29-13)31-20(36)15(5-4-8-28-23(25)26)30-19(35)14(24)6-7-17(33)34/h10-12,14-16,18H,3-9,24H2,1-2H3,(H,27,29)(H,30,35)(H,31,36)(H,32,37)(H,33,34)(H,38,39)(H4,25,26,28). The highest BCUT2D eigenvalue weighted by Gasteiger charge is 2.32. The monoisotopic (exact) mass is 553 g/mol. The van der Waals surface area contributed by atoms with Crippen LogP contribution in [-0.2, 0) is 30.4 Å². The number of aromatic amines is 1. The Morgan fingerprint density at radius 1 is 1.03 bits per heavy atom. The van der Waals surface area contributed by atoms with Gasteiger partial charge in [0.2, 0.25) is 17.7 Å². The number of guanidine groups is 1. The average molecular weight is 554 g/mol. The smallest absolute Gasteiger partial charge is 0.326 e. The van der Waals surface area contributed by atoms with E-state index in [0.29, 0.717) is 12.1 Å². The van der Waals surface area contributed by atoms with Crippen LogP contribution in [0.25, 0.3) is 0 Å². The van der Waals surface area contributed by atoms with Crippen LogP contribution in [-0.4, -0.2) is 86.5 Å². The van der Waals surface area contributed by atoms with E-state index in [1.807, 2.05) is 0 Å². The number of H-pyrrole nitrogens is 1. The van der Waals surface area contributed by atoms with Crippen molar-refractivity contribution in [1.29, 1.82) is 0 Å². The van der Waals surface area contributed by atoms with E-state index in [9.17, 15) is 29.1 Å². The third-order valence-corrected chi connectivity index (χ3v) is 5.97. The predicted octanol–water partition coefficient (Wildman–Crippen LogP) is -2.22. The van der Waals surface area contributed by atoms with E-state index in [-0.39, 0.29) is 50.5 Å². The second-order valence-corrected chi connectivity index (χ2v) is 9.10. The molecule has 1 aromatic rings. The predicted molar refractivity (Wildman–Crippen MR) is 140 cm³/mol. The second-order valence-electron chi connectivity index (χ2n) is 9.10. The molecule has 0 fully saturated rings. The summed E-state index contributed by atoms with van der Waals surface area (Å²) in [6, 6.07) is -4.78. The Morgan fingerprint density at radius 2 is 1.67 bits per heavy atom. The largest absolute Gasteiger partial charge is 0.481 e. The van der Waals surface area contributed by atoms with Crippen LogP contribution in [0.3, 0.4) is 0 Å². The molecule has 0 aromatic carbocycles. The molecular weight excluding hydrogens is 514 g/mol. The van der Waals surface area contributed by atoms with Crippen LogP contribution < -0.4 is 33.2 Å². The molecule has 12 N–H and O–H groups in total. The first kappa shape index (κ1) is 32.8. The van der Waals surface area contributed by atoms with E-state index < -0.39 is 53.8 Å². The summed E-state index contributed by atoms with van der Waals surface area (Å²) < 4.78 is 0. The van der Waals surface area contributed by atoms with Crippen molar-refractivity contribution in [2.24, 2.45) is 28.1 Å². The maximum atomic E-state index is 13.3. The minimum absolute atomic E-state index is 0.0444. The Bertz CT molecular complexity index is 996. The van der Waals surface area contributed by atoms with Gasteiger partial charge in [0.05, 0.1) is 12.4 Å². The Labute approximate surface area is 225 Å². The topological polar surface area (TPSA) is 281 Å². The van der Waals surface area contributed by atoms with Crippen molar-refractivity contribution in [1.82, 2.24) is 25.9 Å². The number of hydrogen-bond donors (Lipinski definition) is 9. The fourth-order valence-corrected chi connectivity index (χ4v) is 3.50. The van der Waals surface area contributed by atoms with Gasteiger partial charge in [0.25, 0.3) is 0 Å². The molecule has 39 heavy (non-hydrogen) atoms. The lowest BCUT2D eigenvalue weighted by atomic mass is 9.98. The first-order chi connectivity index (χ1) is 18.3. The molecule has 0 saturated carbocycles. The summed E-state index contributed by atoms with van der Waals surface area (Å²) in [4.78, 5) is 72.1. The van der Waals surface area contributed by atoms with Crippen LogP contribution in [0.4, 0.5) is 0 Å². The maximum absolute atomic E-state index is 13.3. The number of carbonyl (C=O) groups excluding carboxylic acids is 3. The van der Waals surface area contributed by atoms with Gasteiger partial charge in [0.1, 0.15) is 18.1 Å². The molecule has 3 amide bonds. The summed E-state index contributed by atoms with van der Waals surface area (Å²) in [5, 5.41) is 26.0. The molecule has 0 aliphatic rings. The third-order valence-electron chi connectivity index (χ3n) is 5.97. The average Bonchev–Trinajstić information content (AvgIpc) is 3.39. The molecule has 218 valence electrons. The first-order valence-corrected chi connectivity index (χ1v) is 12.5. The highest BCUT2D eigenvalue weighted by molar-refractivity contribution is 5.94. The molecular formula is C23H39N9O7. The van der Waals surface area contributed by atoms with E-state index in [0.717, 1.165) is 0 Å². The number of nitrogens with zero attached hydrogens (tertiary/aromatic N) is 2. The van der Waals surface area contributed by atoms with Crippen molar-refractivity contribution in [2.45, 2.75) is 76.5 Å². The van der Waals surface area contributed by atoms with Gasteiger partial charge in [-0.15, -0.1) is 0 Å². The quantitative estimate of drug-likeness (QED) is 0.0533. The van der Waals surface area contributed by atoms with Crippen molar-refractivity contribution in [3.63, 3.8) is 0 Å². The summed E-state index contributed by atoms with van der Waals surface area (Å²) in [6.45, 7) is 3.62. The number of nitrogens with one attached hydrogen (secondary N) is 4. The lowest BCUT2D eigenvalue weighted by Gasteiger charge is -2.26. The van der Waals surface area contributed by atoms with Crippen molar-refractivity contribution >= 4 is 35.6 Å². The molecule has 1 rings (SSSR count). The molecule has 16 nitrogen and oxygen atoms in total. The minimum Gasteiger partial charge on any atom is -0.481 e. The molecule has 1 aromatic heterocycles.